The summed E-state index contributed by atoms with van der Waals surface area (Å²) in [4.78, 5) is 2.76. The number of likely N-dealkylation sites (tertiary alicyclic amines) is 1. The zero-order valence-corrected chi connectivity index (χ0v) is 12.7. The molecule has 0 bridgehead atoms. The summed E-state index contributed by atoms with van der Waals surface area (Å²) >= 11 is 0. The normalized spacial score (nSPS) is 28.3. The summed E-state index contributed by atoms with van der Waals surface area (Å²) in [5.41, 5.74) is 0.599. The Morgan fingerprint density at radius 2 is 2.00 bits per heavy atom. The van der Waals surface area contributed by atoms with Crippen molar-refractivity contribution in [2.24, 2.45) is 17.3 Å². The molecule has 0 aromatic carbocycles. The Hall–Kier alpha value is -0.0800. The van der Waals surface area contributed by atoms with E-state index in [1.165, 1.54) is 58.3 Å². The summed E-state index contributed by atoms with van der Waals surface area (Å²) < 4.78 is 0. The van der Waals surface area contributed by atoms with Gasteiger partial charge in [-0.1, -0.05) is 33.6 Å². The molecule has 0 amide bonds. The third-order valence-corrected chi connectivity index (χ3v) is 5.22. The highest BCUT2D eigenvalue weighted by Crippen LogP contribution is 2.39. The largest absolute Gasteiger partial charge is 0.316 e. The van der Waals surface area contributed by atoms with E-state index in [-0.39, 0.29) is 0 Å². The summed E-state index contributed by atoms with van der Waals surface area (Å²) in [7, 11) is 0. The average Bonchev–Trinajstić information content (AvgIpc) is 2.97. The maximum Gasteiger partial charge on any atom is 0.00503 e. The fraction of sp³-hybridized carbons (Fsp3) is 1.00. The van der Waals surface area contributed by atoms with Crippen LogP contribution in [0.5, 0.6) is 0 Å². The SMILES string of the molecule is CCNCC1(CN2CCC(C(C)C)C2)CCCC1. The smallest absolute Gasteiger partial charge is 0.00503 e. The molecule has 0 aromatic rings. The molecule has 2 nitrogen and oxygen atoms in total. The first-order chi connectivity index (χ1) is 8.65. The van der Waals surface area contributed by atoms with Gasteiger partial charge in [0.25, 0.3) is 0 Å². The van der Waals surface area contributed by atoms with Crippen molar-refractivity contribution in [3.63, 3.8) is 0 Å². The van der Waals surface area contributed by atoms with Gasteiger partial charge in [-0.05, 0) is 49.6 Å². The minimum absolute atomic E-state index is 0.599. The molecule has 18 heavy (non-hydrogen) atoms. The fourth-order valence-electron chi connectivity index (χ4n) is 3.93. The van der Waals surface area contributed by atoms with E-state index in [0.29, 0.717) is 5.41 Å². The monoisotopic (exact) mass is 252 g/mol. The Labute approximate surface area is 114 Å². The average molecular weight is 252 g/mol. The van der Waals surface area contributed by atoms with Crippen molar-refractivity contribution in [3.8, 4) is 0 Å². The van der Waals surface area contributed by atoms with Gasteiger partial charge in [-0.3, -0.25) is 0 Å². The molecular formula is C16H32N2. The molecule has 1 atom stereocenters. The topological polar surface area (TPSA) is 15.3 Å². The zero-order chi connectivity index (χ0) is 13.0. The fourth-order valence-corrected chi connectivity index (χ4v) is 3.93. The molecule has 0 spiro atoms. The molecule has 0 radical (unpaired) electrons. The molecule has 1 heterocycles. The van der Waals surface area contributed by atoms with Gasteiger partial charge in [0.2, 0.25) is 0 Å². The molecule has 1 unspecified atom stereocenters. The lowest BCUT2D eigenvalue weighted by Gasteiger charge is -2.34. The highest BCUT2D eigenvalue weighted by atomic mass is 15.2. The Balaban J connectivity index is 1.86. The molecule has 2 heteroatoms. The van der Waals surface area contributed by atoms with E-state index in [1.807, 2.05) is 0 Å². The van der Waals surface area contributed by atoms with Crippen LogP contribution in [0.15, 0.2) is 0 Å². The van der Waals surface area contributed by atoms with E-state index in [4.69, 9.17) is 0 Å². The van der Waals surface area contributed by atoms with E-state index >= 15 is 0 Å². The van der Waals surface area contributed by atoms with Gasteiger partial charge in [0.1, 0.15) is 0 Å². The van der Waals surface area contributed by atoms with E-state index in [2.05, 4.69) is 31.0 Å². The molecule has 1 N–H and O–H groups in total. The maximum atomic E-state index is 3.61. The van der Waals surface area contributed by atoms with Gasteiger partial charge < -0.3 is 10.2 Å². The van der Waals surface area contributed by atoms with E-state index < -0.39 is 0 Å². The second-order valence-corrected chi connectivity index (χ2v) is 7.02. The van der Waals surface area contributed by atoms with Crippen molar-refractivity contribution in [2.45, 2.75) is 52.9 Å². The lowest BCUT2D eigenvalue weighted by atomic mass is 9.85. The minimum atomic E-state index is 0.599. The molecule has 1 saturated carbocycles. The van der Waals surface area contributed by atoms with Gasteiger partial charge in [0, 0.05) is 19.6 Å². The van der Waals surface area contributed by atoms with Crippen LogP contribution in [0.2, 0.25) is 0 Å². The van der Waals surface area contributed by atoms with Gasteiger partial charge >= 0.3 is 0 Å². The first kappa shape index (κ1) is 14.3. The Morgan fingerprint density at radius 1 is 1.28 bits per heavy atom. The molecule has 1 aliphatic carbocycles. The predicted octanol–water partition coefficient (Wildman–Crippen LogP) is 3.13. The Kier molecular flexibility index (Phi) is 5.08. The van der Waals surface area contributed by atoms with Crippen LogP contribution in [-0.4, -0.2) is 37.6 Å². The number of hydrogen-bond acceptors (Lipinski definition) is 2. The van der Waals surface area contributed by atoms with E-state index in [0.717, 1.165) is 18.4 Å². The van der Waals surface area contributed by atoms with Crippen LogP contribution >= 0.6 is 0 Å². The lowest BCUT2D eigenvalue weighted by Crippen LogP contribution is -2.42. The third kappa shape index (κ3) is 3.48. The summed E-state index contributed by atoms with van der Waals surface area (Å²) in [5, 5.41) is 3.61. The summed E-state index contributed by atoms with van der Waals surface area (Å²) in [6, 6.07) is 0. The quantitative estimate of drug-likeness (QED) is 0.781. The van der Waals surface area contributed by atoms with Crippen LogP contribution in [0.3, 0.4) is 0 Å². The molecule has 2 aliphatic rings. The standard InChI is InChI=1S/C16H32N2/c1-4-17-12-16(8-5-6-9-16)13-18-10-7-15(11-18)14(2)3/h14-15,17H,4-13H2,1-3H3. The van der Waals surface area contributed by atoms with Crippen LogP contribution in [0.1, 0.15) is 52.9 Å². The highest BCUT2D eigenvalue weighted by Gasteiger charge is 2.37. The Morgan fingerprint density at radius 3 is 2.56 bits per heavy atom. The first-order valence-corrected chi connectivity index (χ1v) is 8.08. The van der Waals surface area contributed by atoms with Gasteiger partial charge in [-0.25, -0.2) is 0 Å². The van der Waals surface area contributed by atoms with Crippen LogP contribution < -0.4 is 5.32 Å². The van der Waals surface area contributed by atoms with Crippen molar-refractivity contribution < 1.29 is 0 Å². The predicted molar refractivity (Wildman–Crippen MR) is 78.8 cm³/mol. The van der Waals surface area contributed by atoms with Crippen molar-refractivity contribution >= 4 is 0 Å². The molecule has 1 saturated heterocycles. The first-order valence-electron chi connectivity index (χ1n) is 8.08. The molecule has 0 aromatic heterocycles. The molecular weight excluding hydrogens is 220 g/mol. The van der Waals surface area contributed by atoms with E-state index in [9.17, 15) is 0 Å². The molecule has 2 rings (SSSR count). The number of rotatable bonds is 6. The van der Waals surface area contributed by atoms with E-state index in [1.54, 1.807) is 0 Å². The van der Waals surface area contributed by atoms with Crippen molar-refractivity contribution in [1.29, 1.82) is 0 Å². The van der Waals surface area contributed by atoms with Crippen molar-refractivity contribution in [2.75, 3.05) is 32.7 Å². The summed E-state index contributed by atoms with van der Waals surface area (Å²) in [6.07, 6.45) is 7.22. The van der Waals surface area contributed by atoms with Crippen LogP contribution in [0, 0.1) is 17.3 Å². The Bertz CT molecular complexity index is 243. The molecule has 106 valence electrons. The number of hydrogen-bond donors (Lipinski definition) is 1. The van der Waals surface area contributed by atoms with Gasteiger partial charge in [-0.15, -0.1) is 0 Å². The van der Waals surface area contributed by atoms with Crippen LogP contribution in [0.25, 0.3) is 0 Å². The summed E-state index contributed by atoms with van der Waals surface area (Å²) in [5.74, 6) is 1.81. The second-order valence-electron chi connectivity index (χ2n) is 7.02. The lowest BCUT2D eigenvalue weighted by molar-refractivity contribution is 0.166. The number of nitrogens with zero attached hydrogens (tertiary/aromatic N) is 1. The third-order valence-electron chi connectivity index (χ3n) is 5.22. The van der Waals surface area contributed by atoms with Gasteiger partial charge in [-0.2, -0.15) is 0 Å². The zero-order valence-electron chi connectivity index (χ0n) is 12.7. The summed E-state index contributed by atoms with van der Waals surface area (Å²) in [6.45, 7) is 13.4. The number of nitrogens with one attached hydrogen (secondary N) is 1. The molecule has 1 aliphatic heterocycles. The van der Waals surface area contributed by atoms with Crippen molar-refractivity contribution in [3.05, 3.63) is 0 Å². The minimum Gasteiger partial charge on any atom is -0.316 e. The maximum absolute atomic E-state index is 3.61. The second kappa shape index (κ2) is 6.38. The highest BCUT2D eigenvalue weighted by molar-refractivity contribution is 4.91. The van der Waals surface area contributed by atoms with Crippen LogP contribution in [0.4, 0.5) is 0 Å². The molecule has 2 fully saturated rings. The van der Waals surface area contributed by atoms with Crippen molar-refractivity contribution in [1.82, 2.24) is 10.2 Å². The van der Waals surface area contributed by atoms with Gasteiger partial charge in [0.05, 0.1) is 0 Å². The van der Waals surface area contributed by atoms with Crippen LogP contribution in [-0.2, 0) is 0 Å². The van der Waals surface area contributed by atoms with Gasteiger partial charge in [0.15, 0.2) is 0 Å².